The average molecular weight is 432 g/mol. The van der Waals surface area contributed by atoms with Gasteiger partial charge in [-0.25, -0.2) is 0 Å². The van der Waals surface area contributed by atoms with Gasteiger partial charge in [-0.3, -0.25) is 0 Å². The summed E-state index contributed by atoms with van der Waals surface area (Å²) < 4.78 is 6.77. The monoisotopic (exact) mass is 431 g/mol. The van der Waals surface area contributed by atoms with E-state index >= 15 is 0 Å². The van der Waals surface area contributed by atoms with Gasteiger partial charge in [0.2, 0.25) is 0 Å². The Morgan fingerprint density at radius 3 is 2.61 bits per heavy atom. The van der Waals surface area contributed by atoms with Crippen LogP contribution in [0.5, 0.6) is 5.75 Å². The van der Waals surface area contributed by atoms with Crippen molar-refractivity contribution in [1.29, 1.82) is 0 Å². The highest BCUT2D eigenvalue weighted by Crippen LogP contribution is 2.52. The summed E-state index contributed by atoms with van der Waals surface area (Å²) >= 11 is 3.63. The van der Waals surface area contributed by atoms with Crippen molar-refractivity contribution < 1.29 is 4.74 Å². The standard InChI is InChI=1S/C25H22BrNO/c1-28-24-13-11-18(26)15-22(24)25-20-9-5-8-19(20)21-14-17(10-12-23(21)27-25)16-6-3-2-4-7-16/h2-8,10-15,19-20,25,27H,9H2,1H3/t19-,20+,25+/m0/s1. The molecule has 1 heterocycles. The first-order valence-electron chi connectivity index (χ1n) is 9.70. The molecule has 0 aromatic heterocycles. The summed E-state index contributed by atoms with van der Waals surface area (Å²) in [5, 5.41) is 3.82. The molecule has 3 aromatic carbocycles. The first kappa shape index (κ1) is 17.6. The van der Waals surface area contributed by atoms with Crippen LogP contribution in [0.25, 0.3) is 11.1 Å². The maximum absolute atomic E-state index is 5.69. The average Bonchev–Trinajstić information content (AvgIpc) is 3.24. The van der Waals surface area contributed by atoms with Crippen molar-refractivity contribution in [3.8, 4) is 16.9 Å². The van der Waals surface area contributed by atoms with E-state index in [0.717, 1.165) is 16.6 Å². The molecule has 5 rings (SSSR count). The van der Waals surface area contributed by atoms with Crippen LogP contribution in [0.15, 0.2) is 83.4 Å². The Bertz CT molecular complexity index is 1040. The van der Waals surface area contributed by atoms with Gasteiger partial charge < -0.3 is 10.1 Å². The second-order valence-corrected chi connectivity index (χ2v) is 8.45. The molecule has 0 amide bonds. The molecule has 0 unspecified atom stereocenters. The lowest BCUT2D eigenvalue weighted by atomic mass is 9.76. The molecule has 28 heavy (non-hydrogen) atoms. The molecule has 0 saturated heterocycles. The molecule has 0 saturated carbocycles. The maximum atomic E-state index is 5.69. The van der Waals surface area contributed by atoms with Gasteiger partial charge in [-0.05, 0) is 59.4 Å². The molecule has 3 aromatic rings. The maximum Gasteiger partial charge on any atom is 0.124 e. The minimum absolute atomic E-state index is 0.225. The smallest absolute Gasteiger partial charge is 0.124 e. The second-order valence-electron chi connectivity index (χ2n) is 7.53. The number of halogens is 1. The van der Waals surface area contributed by atoms with Gasteiger partial charge in [0.15, 0.2) is 0 Å². The van der Waals surface area contributed by atoms with Gasteiger partial charge in [0.25, 0.3) is 0 Å². The van der Waals surface area contributed by atoms with E-state index < -0.39 is 0 Å². The van der Waals surface area contributed by atoms with Crippen LogP contribution in [0.2, 0.25) is 0 Å². The Morgan fingerprint density at radius 1 is 0.929 bits per heavy atom. The van der Waals surface area contributed by atoms with Crippen LogP contribution in [0.1, 0.15) is 29.5 Å². The van der Waals surface area contributed by atoms with E-state index in [9.17, 15) is 0 Å². The van der Waals surface area contributed by atoms with E-state index in [0.29, 0.717) is 11.8 Å². The number of rotatable bonds is 3. The van der Waals surface area contributed by atoms with E-state index in [1.54, 1.807) is 7.11 Å². The molecular weight excluding hydrogens is 410 g/mol. The number of nitrogens with one attached hydrogen (secondary N) is 1. The van der Waals surface area contributed by atoms with Crippen LogP contribution in [0, 0.1) is 5.92 Å². The summed E-state index contributed by atoms with van der Waals surface area (Å²) in [6, 6.07) is 23.9. The van der Waals surface area contributed by atoms with Crippen molar-refractivity contribution in [1.82, 2.24) is 0 Å². The van der Waals surface area contributed by atoms with Crippen LogP contribution in [0.3, 0.4) is 0 Å². The summed E-state index contributed by atoms with van der Waals surface area (Å²) in [4.78, 5) is 0. The summed E-state index contributed by atoms with van der Waals surface area (Å²) in [6.45, 7) is 0. The number of methoxy groups -OCH3 is 1. The van der Waals surface area contributed by atoms with E-state index in [1.807, 2.05) is 12.1 Å². The molecule has 0 spiro atoms. The minimum Gasteiger partial charge on any atom is -0.496 e. The molecule has 1 aliphatic heterocycles. The Morgan fingerprint density at radius 2 is 1.79 bits per heavy atom. The van der Waals surface area contributed by atoms with Crippen molar-refractivity contribution in [3.63, 3.8) is 0 Å². The van der Waals surface area contributed by atoms with Gasteiger partial charge in [-0.2, -0.15) is 0 Å². The number of ether oxygens (including phenoxy) is 1. The van der Waals surface area contributed by atoms with Crippen molar-refractivity contribution >= 4 is 21.6 Å². The fourth-order valence-corrected chi connectivity index (χ4v) is 5.04. The number of allylic oxidation sites excluding steroid dienone is 2. The van der Waals surface area contributed by atoms with Crippen molar-refractivity contribution in [2.75, 3.05) is 12.4 Å². The first-order valence-corrected chi connectivity index (χ1v) is 10.5. The number of hydrogen-bond acceptors (Lipinski definition) is 2. The molecule has 1 N–H and O–H groups in total. The van der Waals surface area contributed by atoms with Gasteiger partial charge in [0.05, 0.1) is 13.2 Å². The van der Waals surface area contributed by atoms with Gasteiger partial charge in [-0.1, -0.05) is 64.5 Å². The van der Waals surface area contributed by atoms with Gasteiger partial charge in [0, 0.05) is 21.6 Å². The first-order chi connectivity index (χ1) is 13.7. The zero-order valence-corrected chi connectivity index (χ0v) is 17.3. The predicted molar refractivity (Wildman–Crippen MR) is 119 cm³/mol. The normalized spacial score (nSPS) is 22.3. The summed E-state index contributed by atoms with van der Waals surface area (Å²) in [6.07, 6.45) is 5.79. The van der Waals surface area contributed by atoms with E-state index in [-0.39, 0.29) is 6.04 Å². The molecule has 3 heteroatoms. The second kappa shape index (κ2) is 7.14. The lowest BCUT2D eigenvalue weighted by Gasteiger charge is -2.38. The van der Waals surface area contributed by atoms with Crippen LogP contribution in [-0.4, -0.2) is 7.11 Å². The van der Waals surface area contributed by atoms with Gasteiger partial charge in [0.1, 0.15) is 5.75 Å². The van der Waals surface area contributed by atoms with E-state index in [2.05, 4.69) is 88.0 Å². The highest BCUT2D eigenvalue weighted by molar-refractivity contribution is 9.10. The Balaban J connectivity index is 1.59. The van der Waals surface area contributed by atoms with Gasteiger partial charge in [-0.15, -0.1) is 0 Å². The molecule has 1 aliphatic carbocycles. The Labute approximate surface area is 174 Å². The molecule has 0 bridgehead atoms. The number of anilines is 1. The Hall–Kier alpha value is -2.52. The zero-order chi connectivity index (χ0) is 19.1. The number of hydrogen-bond donors (Lipinski definition) is 1. The Kier molecular flexibility index (Phi) is 4.48. The van der Waals surface area contributed by atoms with Crippen LogP contribution < -0.4 is 10.1 Å². The SMILES string of the molecule is COc1ccc(Br)cc1[C@@H]1Nc2ccc(-c3ccccc3)cc2[C@H]2C=CC[C@H]21. The lowest BCUT2D eigenvalue weighted by Crippen LogP contribution is -2.29. The zero-order valence-electron chi connectivity index (χ0n) is 15.7. The van der Waals surface area contributed by atoms with Crippen LogP contribution in [-0.2, 0) is 0 Å². The topological polar surface area (TPSA) is 21.3 Å². The molecule has 0 fully saturated rings. The molecule has 140 valence electrons. The van der Waals surface area contributed by atoms with Crippen molar-refractivity contribution in [2.24, 2.45) is 5.92 Å². The molecule has 3 atom stereocenters. The van der Waals surface area contributed by atoms with E-state index in [1.165, 1.54) is 27.9 Å². The van der Waals surface area contributed by atoms with Crippen LogP contribution in [0.4, 0.5) is 5.69 Å². The molecule has 2 nitrogen and oxygen atoms in total. The lowest BCUT2D eigenvalue weighted by molar-refractivity contribution is 0.381. The largest absolute Gasteiger partial charge is 0.496 e. The third-order valence-electron chi connectivity index (χ3n) is 6.00. The van der Waals surface area contributed by atoms with Gasteiger partial charge >= 0.3 is 0 Å². The third-order valence-corrected chi connectivity index (χ3v) is 6.49. The quantitative estimate of drug-likeness (QED) is 0.452. The van der Waals surface area contributed by atoms with Crippen molar-refractivity contribution in [2.45, 2.75) is 18.4 Å². The summed E-state index contributed by atoms with van der Waals surface area (Å²) in [5.74, 6) is 1.85. The van der Waals surface area contributed by atoms with Crippen LogP contribution >= 0.6 is 15.9 Å². The van der Waals surface area contributed by atoms with E-state index in [4.69, 9.17) is 4.74 Å². The number of benzene rings is 3. The number of fused-ring (bicyclic) bond motifs is 3. The highest BCUT2D eigenvalue weighted by atomic mass is 79.9. The fourth-order valence-electron chi connectivity index (χ4n) is 4.66. The highest BCUT2D eigenvalue weighted by Gasteiger charge is 2.39. The molecule has 0 radical (unpaired) electrons. The fraction of sp³-hybridized carbons (Fsp3) is 0.200. The van der Waals surface area contributed by atoms with Crippen molar-refractivity contribution in [3.05, 3.63) is 94.5 Å². The predicted octanol–water partition coefficient (Wildman–Crippen LogP) is 6.95. The third kappa shape index (κ3) is 2.94. The molecule has 2 aliphatic rings. The summed E-state index contributed by atoms with van der Waals surface area (Å²) in [5.41, 5.74) is 6.37. The molecular formula is C25H22BrNO. The minimum atomic E-state index is 0.225. The summed E-state index contributed by atoms with van der Waals surface area (Å²) in [7, 11) is 1.75.